The van der Waals surface area contributed by atoms with Gasteiger partial charge < -0.3 is 20.4 Å². The smallest absolute Gasteiger partial charge is 0.261 e. The molecule has 0 spiro atoms. The fraction of sp³-hybridized carbons (Fsp3) is 0.474. The minimum absolute atomic E-state index is 0.0164. The molecule has 6 nitrogen and oxygen atoms in total. The second-order valence-corrected chi connectivity index (χ2v) is 7.81. The number of benzene rings is 1. The summed E-state index contributed by atoms with van der Waals surface area (Å²) in [5, 5.41) is 23.1. The molecule has 1 saturated heterocycles. The van der Waals surface area contributed by atoms with E-state index in [2.05, 4.69) is 21.2 Å². The van der Waals surface area contributed by atoms with Gasteiger partial charge >= 0.3 is 0 Å². The maximum atomic E-state index is 12.4. The van der Waals surface area contributed by atoms with E-state index in [4.69, 9.17) is 0 Å². The monoisotopic (exact) mass is 422 g/mol. The Labute approximate surface area is 161 Å². The van der Waals surface area contributed by atoms with Gasteiger partial charge in [-0.3, -0.25) is 9.59 Å². The Hall–Kier alpha value is -1.70. The van der Waals surface area contributed by atoms with Crippen LogP contribution in [0.3, 0.4) is 0 Å². The number of halogens is 1. The lowest BCUT2D eigenvalue weighted by atomic mass is 9.83. The third-order valence-electron chi connectivity index (χ3n) is 5.27. The highest BCUT2D eigenvalue weighted by molar-refractivity contribution is 9.10. The van der Waals surface area contributed by atoms with Crippen LogP contribution in [-0.2, 0) is 15.2 Å². The number of aliphatic hydroxyl groups excluding tert-OH is 1. The maximum Gasteiger partial charge on any atom is 0.261 e. The number of nitrogens with one attached hydrogen (secondary N) is 1. The van der Waals surface area contributed by atoms with Gasteiger partial charge in [0.05, 0.1) is 12.6 Å². The van der Waals surface area contributed by atoms with E-state index >= 15 is 0 Å². The second-order valence-electron chi connectivity index (χ2n) is 6.90. The van der Waals surface area contributed by atoms with Crippen LogP contribution < -0.4 is 5.32 Å². The number of likely N-dealkylation sites (tertiary alicyclic amines) is 1. The summed E-state index contributed by atoms with van der Waals surface area (Å²) in [6.07, 6.45) is 5.32. The van der Waals surface area contributed by atoms with E-state index in [0.717, 1.165) is 17.3 Å². The molecule has 2 aliphatic rings. The molecule has 0 unspecified atom stereocenters. The number of aliphatic hydroxyl groups is 2. The van der Waals surface area contributed by atoms with Gasteiger partial charge in [0.1, 0.15) is 0 Å². The standard InChI is InChI=1S/C19H23BrN2O4/c1-12(4-2-6-17(24)22-9-3-5-14(22)11-23)19(26)15-10-13(20)7-8-16(15)21-18(19)25/h2,4,7-8,10,12,14,23,26H,3,5-6,9,11H2,1H3,(H,21,25)/b4-2+/t12-,14-,19+/m0/s1. The van der Waals surface area contributed by atoms with E-state index in [0.29, 0.717) is 17.8 Å². The molecule has 2 amide bonds. The number of hydrogen-bond donors (Lipinski definition) is 3. The predicted octanol–water partition coefficient (Wildman–Crippen LogP) is 2.15. The lowest BCUT2D eigenvalue weighted by Crippen LogP contribution is -2.40. The normalized spacial score (nSPS) is 26.2. The van der Waals surface area contributed by atoms with Gasteiger partial charge in [0.2, 0.25) is 5.91 Å². The molecule has 3 atom stereocenters. The summed E-state index contributed by atoms with van der Waals surface area (Å²) in [6, 6.07) is 5.19. The molecule has 0 bridgehead atoms. The first-order chi connectivity index (χ1) is 12.4. The zero-order valence-electron chi connectivity index (χ0n) is 14.6. The Morgan fingerprint density at radius 1 is 1.54 bits per heavy atom. The number of fused-ring (bicyclic) bond motifs is 1. The molecule has 7 heteroatoms. The fourth-order valence-electron chi connectivity index (χ4n) is 3.72. The molecule has 3 rings (SSSR count). The van der Waals surface area contributed by atoms with Gasteiger partial charge in [-0.1, -0.05) is 35.0 Å². The summed E-state index contributed by atoms with van der Waals surface area (Å²) in [7, 11) is 0. The summed E-state index contributed by atoms with van der Waals surface area (Å²) in [4.78, 5) is 26.4. The van der Waals surface area contributed by atoms with Gasteiger partial charge in [0.15, 0.2) is 5.60 Å². The van der Waals surface area contributed by atoms with Crippen LogP contribution in [0.25, 0.3) is 0 Å². The fourth-order valence-corrected chi connectivity index (χ4v) is 4.08. The summed E-state index contributed by atoms with van der Waals surface area (Å²) < 4.78 is 0.779. The summed E-state index contributed by atoms with van der Waals surface area (Å²) in [6.45, 7) is 2.40. The first-order valence-electron chi connectivity index (χ1n) is 8.78. The van der Waals surface area contributed by atoms with Crippen molar-refractivity contribution in [2.24, 2.45) is 5.92 Å². The Balaban J connectivity index is 1.71. The number of carbonyl (C=O) groups excluding carboxylic acids is 2. The number of hydrogen-bond acceptors (Lipinski definition) is 4. The molecular weight excluding hydrogens is 400 g/mol. The molecule has 1 aromatic rings. The third kappa shape index (κ3) is 3.31. The Kier molecular flexibility index (Phi) is 5.50. The molecule has 1 fully saturated rings. The van der Waals surface area contributed by atoms with Crippen LogP contribution >= 0.6 is 15.9 Å². The van der Waals surface area contributed by atoms with E-state index in [9.17, 15) is 19.8 Å². The van der Waals surface area contributed by atoms with E-state index in [1.807, 2.05) is 0 Å². The van der Waals surface area contributed by atoms with Crippen LogP contribution in [0.5, 0.6) is 0 Å². The van der Waals surface area contributed by atoms with E-state index in [1.54, 1.807) is 42.2 Å². The van der Waals surface area contributed by atoms with Crippen molar-refractivity contribution in [2.45, 2.75) is 37.8 Å². The zero-order chi connectivity index (χ0) is 18.9. The van der Waals surface area contributed by atoms with Crippen LogP contribution in [0.2, 0.25) is 0 Å². The number of rotatable bonds is 5. The Morgan fingerprint density at radius 3 is 3.04 bits per heavy atom. The second kappa shape index (κ2) is 7.50. The highest BCUT2D eigenvalue weighted by Crippen LogP contribution is 2.42. The van der Waals surface area contributed by atoms with E-state index < -0.39 is 17.4 Å². The van der Waals surface area contributed by atoms with Crippen LogP contribution in [0.4, 0.5) is 5.69 Å². The molecule has 1 aromatic carbocycles. The topological polar surface area (TPSA) is 89.9 Å². The quantitative estimate of drug-likeness (QED) is 0.634. The van der Waals surface area contributed by atoms with Gasteiger partial charge in [0, 0.05) is 34.6 Å². The van der Waals surface area contributed by atoms with Gasteiger partial charge in [0.25, 0.3) is 5.91 Å². The molecule has 0 saturated carbocycles. The van der Waals surface area contributed by atoms with Crippen molar-refractivity contribution in [3.8, 4) is 0 Å². The average Bonchev–Trinajstić information content (AvgIpc) is 3.19. The average molecular weight is 423 g/mol. The third-order valence-corrected chi connectivity index (χ3v) is 5.76. The lowest BCUT2D eigenvalue weighted by molar-refractivity contribution is -0.137. The highest BCUT2D eigenvalue weighted by atomic mass is 79.9. The zero-order valence-corrected chi connectivity index (χ0v) is 16.2. The molecule has 140 valence electrons. The molecule has 0 aromatic heterocycles. The van der Waals surface area contributed by atoms with Gasteiger partial charge in [-0.15, -0.1) is 0 Å². The predicted molar refractivity (Wildman–Crippen MR) is 101 cm³/mol. The molecular formula is C19H23BrN2O4. The van der Waals surface area contributed by atoms with Crippen LogP contribution in [0, 0.1) is 5.92 Å². The van der Waals surface area contributed by atoms with Crippen LogP contribution in [0.15, 0.2) is 34.8 Å². The van der Waals surface area contributed by atoms with Crippen molar-refractivity contribution >= 4 is 33.4 Å². The van der Waals surface area contributed by atoms with Crippen LogP contribution in [0.1, 0.15) is 31.7 Å². The Bertz CT molecular complexity index is 751. The molecule has 26 heavy (non-hydrogen) atoms. The lowest BCUT2D eigenvalue weighted by Gasteiger charge is -2.26. The van der Waals surface area contributed by atoms with Crippen molar-refractivity contribution in [1.82, 2.24) is 4.90 Å². The molecule has 2 aliphatic heterocycles. The van der Waals surface area contributed by atoms with Crippen molar-refractivity contribution in [1.29, 1.82) is 0 Å². The van der Waals surface area contributed by atoms with Gasteiger partial charge in [-0.2, -0.15) is 0 Å². The number of nitrogens with zero attached hydrogens (tertiary/aromatic N) is 1. The number of amides is 2. The molecule has 3 N–H and O–H groups in total. The molecule has 0 radical (unpaired) electrons. The molecule has 2 heterocycles. The van der Waals surface area contributed by atoms with Gasteiger partial charge in [-0.25, -0.2) is 0 Å². The summed E-state index contributed by atoms with van der Waals surface area (Å²) >= 11 is 3.37. The Morgan fingerprint density at radius 2 is 2.31 bits per heavy atom. The van der Waals surface area contributed by atoms with Crippen LogP contribution in [-0.4, -0.2) is 46.1 Å². The highest BCUT2D eigenvalue weighted by Gasteiger charge is 2.48. The van der Waals surface area contributed by atoms with E-state index in [1.165, 1.54) is 0 Å². The van der Waals surface area contributed by atoms with Crippen molar-refractivity contribution in [2.75, 3.05) is 18.5 Å². The van der Waals surface area contributed by atoms with Crippen molar-refractivity contribution in [3.05, 3.63) is 40.4 Å². The first kappa shape index (κ1) is 19.1. The number of carbonyl (C=O) groups is 2. The first-order valence-corrected chi connectivity index (χ1v) is 9.58. The largest absolute Gasteiger partial charge is 0.394 e. The summed E-state index contributed by atoms with van der Waals surface area (Å²) in [5.74, 6) is -1.01. The van der Waals surface area contributed by atoms with E-state index in [-0.39, 0.29) is 25.0 Å². The number of anilines is 1. The molecule has 0 aliphatic carbocycles. The maximum absolute atomic E-state index is 12.4. The van der Waals surface area contributed by atoms with Crippen molar-refractivity contribution in [3.63, 3.8) is 0 Å². The minimum Gasteiger partial charge on any atom is -0.394 e. The summed E-state index contributed by atoms with van der Waals surface area (Å²) in [5.41, 5.74) is -0.542. The van der Waals surface area contributed by atoms with Gasteiger partial charge in [-0.05, 0) is 31.0 Å². The SMILES string of the molecule is C[C@@H](/C=C/CC(=O)N1CCC[C@H]1CO)[C@]1(O)C(=O)Nc2ccc(Br)cc21. The minimum atomic E-state index is -1.67. The van der Waals surface area contributed by atoms with Crippen molar-refractivity contribution < 1.29 is 19.8 Å².